The van der Waals surface area contributed by atoms with Crippen molar-refractivity contribution < 1.29 is 23.5 Å². The number of carbonyl (C=O) groups is 3. The lowest BCUT2D eigenvalue weighted by Crippen LogP contribution is -2.15. The average Bonchev–Trinajstić information content (AvgIpc) is 2.99. The molecule has 0 saturated heterocycles. The summed E-state index contributed by atoms with van der Waals surface area (Å²) in [4.78, 5) is 35.8. The molecule has 0 unspecified atom stereocenters. The first kappa shape index (κ1) is 17.7. The number of fused-ring (bicyclic) bond motifs is 1. The van der Waals surface area contributed by atoms with Crippen molar-refractivity contribution in [1.29, 1.82) is 0 Å². The number of amides is 1. The van der Waals surface area contributed by atoms with E-state index < -0.39 is 17.7 Å². The van der Waals surface area contributed by atoms with E-state index in [1.165, 1.54) is 13.0 Å². The molecule has 132 valence electrons. The molecule has 0 fully saturated rings. The number of alkyl halides is 1. The summed E-state index contributed by atoms with van der Waals surface area (Å²) in [5.74, 6) is -1.44. The van der Waals surface area contributed by atoms with Gasteiger partial charge in [0, 0.05) is 17.9 Å². The third kappa shape index (κ3) is 3.60. The van der Waals surface area contributed by atoms with Gasteiger partial charge in [0.25, 0.3) is 0 Å². The molecule has 0 aliphatic rings. The van der Waals surface area contributed by atoms with Gasteiger partial charge in [0.1, 0.15) is 17.2 Å². The van der Waals surface area contributed by atoms with E-state index in [-0.39, 0.29) is 28.6 Å². The Morgan fingerprint density at radius 3 is 2.62 bits per heavy atom. The Morgan fingerprint density at radius 1 is 1.12 bits per heavy atom. The first-order chi connectivity index (χ1) is 12.5. The van der Waals surface area contributed by atoms with Crippen LogP contribution >= 0.6 is 11.6 Å². The van der Waals surface area contributed by atoms with Gasteiger partial charge in [-0.2, -0.15) is 0 Å². The predicted octanol–water partition coefficient (Wildman–Crippen LogP) is 3.77. The van der Waals surface area contributed by atoms with Crippen LogP contribution in [0.1, 0.15) is 23.0 Å². The lowest BCUT2D eigenvalue weighted by molar-refractivity contribution is -0.131. The zero-order chi connectivity index (χ0) is 18.7. The normalized spacial score (nSPS) is 10.5. The maximum atomic E-state index is 12.9. The van der Waals surface area contributed by atoms with Crippen molar-refractivity contribution in [2.75, 3.05) is 11.2 Å². The number of nitrogens with one attached hydrogen (secondary N) is 1. The Bertz CT molecular complexity index is 1010. The number of hydrogen-bond acceptors (Lipinski definition) is 5. The molecule has 0 aliphatic heterocycles. The molecule has 0 saturated carbocycles. The van der Waals surface area contributed by atoms with Crippen LogP contribution in [0.15, 0.2) is 52.9 Å². The second kappa shape index (κ2) is 7.41. The molecular weight excluding hydrogens is 358 g/mol. The fraction of sp³-hybridized carbons (Fsp3) is 0.105. The van der Waals surface area contributed by atoms with Crippen molar-refractivity contribution in [3.63, 3.8) is 0 Å². The summed E-state index contributed by atoms with van der Waals surface area (Å²) >= 11 is 5.56. The van der Waals surface area contributed by atoms with E-state index in [0.29, 0.717) is 11.0 Å². The van der Waals surface area contributed by atoms with Crippen molar-refractivity contribution in [2.45, 2.75) is 6.92 Å². The molecule has 0 spiro atoms. The van der Waals surface area contributed by atoms with Crippen LogP contribution in [0.3, 0.4) is 0 Å². The third-order valence-corrected chi connectivity index (χ3v) is 3.79. The summed E-state index contributed by atoms with van der Waals surface area (Å²) in [6.07, 6.45) is 0. The largest absolute Gasteiger partial charge is 0.450 e. The minimum absolute atomic E-state index is 0.0235. The zero-order valence-corrected chi connectivity index (χ0v) is 14.5. The van der Waals surface area contributed by atoms with Gasteiger partial charge in [-0.05, 0) is 24.3 Å². The fourth-order valence-electron chi connectivity index (χ4n) is 2.50. The van der Waals surface area contributed by atoms with Gasteiger partial charge in [-0.1, -0.05) is 24.3 Å². The zero-order valence-electron chi connectivity index (χ0n) is 13.7. The number of anilines is 1. The highest BCUT2D eigenvalue weighted by atomic mass is 35.5. The van der Waals surface area contributed by atoms with Crippen LogP contribution in [0.2, 0.25) is 0 Å². The van der Waals surface area contributed by atoms with E-state index in [1.807, 2.05) is 0 Å². The number of para-hydroxylation sites is 1. The summed E-state index contributed by atoms with van der Waals surface area (Å²) in [5.41, 5.74) is 0.968. The van der Waals surface area contributed by atoms with Gasteiger partial charge in [-0.3, -0.25) is 14.4 Å². The van der Waals surface area contributed by atoms with E-state index >= 15 is 0 Å². The molecule has 0 bridgehead atoms. The number of ether oxygens (including phenoxy) is 1. The third-order valence-electron chi connectivity index (χ3n) is 3.55. The number of carbonyl (C=O) groups excluding carboxylic acids is 3. The van der Waals surface area contributed by atoms with Gasteiger partial charge >= 0.3 is 5.97 Å². The molecule has 3 aromatic rings. The smallest absolute Gasteiger partial charge is 0.308 e. The summed E-state index contributed by atoms with van der Waals surface area (Å²) < 4.78 is 10.7. The van der Waals surface area contributed by atoms with E-state index in [9.17, 15) is 14.4 Å². The predicted molar refractivity (Wildman–Crippen MR) is 96.7 cm³/mol. The Hall–Kier alpha value is -3.12. The second-order valence-electron chi connectivity index (χ2n) is 5.43. The monoisotopic (exact) mass is 371 g/mol. The van der Waals surface area contributed by atoms with Gasteiger partial charge in [-0.15, -0.1) is 11.6 Å². The van der Waals surface area contributed by atoms with Crippen molar-refractivity contribution in [2.24, 2.45) is 0 Å². The number of halogens is 1. The van der Waals surface area contributed by atoms with Crippen molar-refractivity contribution in [3.8, 4) is 5.75 Å². The lowest BCUT2D eigenvalue weighted by atomic mass is 10.1. The highest BCUT2D eigenvalue weighted by Gasteiger charge is 2.23. The van der Waals surface area contributed by atoms with Crippen LogP contribution in [0.5, 0.6) is 5.75 Å². The van der Waals surface area contributed by atoms with Crippen molar-refractivity contribution >= 4 is 45.9 Å². The molecule has 2 aromatic carbocycles. The number of rotatable bonds is 5. The van der Waals surface area contributed by atoms with Crippen molar-refractivity contribution in [3.05, 3.63) is 59.9 Å². The minimum atomic E-state index is -0.492. The summed E-state index contributed by atoms with van der Waals surface area (Å²) in [5, 5.41) is 3.20. The van der Waals surface area contributed by atoms with E-state index in [0.717, 1.165) is 0 Å². The molecule has 1 heterocycles. The van der Waals surface area contributed by atoms with Gasteiger partial charge in [0.2, 0.25) is 11.7 Å². The number of esters is 1. The number of benzene rings is 2. The molecular formula is C19H14ClNO5. The minimum Gasteiger partial charge on any atom is -0.450 e. The second-order valence-corrected chi connectivity index (χ2v) is 5.70. The molecule has 3 rings (SSSR count). The molecule has 6 nitrogen and oxygen atoms in total. The quantitative estimate of drug-likeness (QED) is 0.319. The van der Waals surface area contributed by atoms with E-state index in [4.69, 9.17) is 20.8 Å². The van der Waals surface area contributed by atoms with Gasteiger partial charge < -0.3 is 14.5 Å². The Labute approximate surface area is 153 Å². The topological polar surface area (TPSA) is 85.6 Å². The number of furan rings is 1. The summed E-state index contributed by atoms with van der Waals surface area (Å²) in [6.45, 7) is 1.27. The van der Waals surface area contributed by atoms with Gasteiger partial charge in [-0.25, -0.2) is 0 Å². The molecule has 1 aromatic heterocycles. The van der Waals surface area contributed by atoms with Crippen LogP contribution in [0.25, 0.3) is 11.0 Å². The SMILES string of the molecule is CC(=O)Oc1cccc(C(=O)c2oc3ccccc3c2NC(=O)CCl)c1. The van der Waals surface area contributed by atoms with Gasteiger partial charge in [0.15, 0.2) is 5.76 Å². The molecule has 0 radical (unpaired) electrons. The van der Waals surface area contributed by atoms with Crippen molar-refractivity contribution in [1.82, 2.24) is 0 Å². The Balaban J connectivity index is 2.06. The molecule has 26 heavy (non-hydrogen) atoms. The molecule has 7 heteroatoms. The van der Waals surface area contributed by atoms with E-state index in [1.54, 1.807) is 42.5 Å². The lowest BCUT2D eigenvalue weighted by Gasteiger charge is -2.06. The summed E-state index contributed by atoms with van der Waals surface area (Å²) in [6, 6.07) is 13.1. The molecule has 0 atom stereocenters. The molecule has 0 aliphatic carbocycles. The fourth-order valence-corrected chi connectivity index (χ4v) is 2.57. The van der Waals surface area contributed by atoms with Crippen LogP contribution in [-0.2, 0) is 9.59 Å². The first-order valence-electron chi connectivity index (χ1n) is 7.70. The Morgan fingerprint density at radius 2 is 1.88 bits per heavy atom. The van der Waals surface area contributed by atoms with Crippen LogP contribution in [0, 0.1) is 0 Å². The standard InChI is InChI=1S/C19H14ClNO5/c1-11(22)25-13-6-4-5-12(9-13)18(24)19-17(21-16(23)10-20)14-7-2-3-8-15(14)26-19/h2-9H,10H2,1H3,(H,21,23). The number of hydrogen-bond donors (Lipinski definition) is 1. The molecule has 1 N–H and O–H groups in total. The maximum Gasteiger partial charge on any atom is 0.308 e. The molecule has 1 amide bonds. The first-order valence-corrected chi connectivity index (χ1v) is 8.23. The Kier molecular flexibility index (Phi) is 5.04. The van der Waals surface area contributed by atoms with Crippen LogP contribution < -0.4 is 10.1 Å². The number of ketones is 1. The van der Waals surface area contributed by atoms with Gasteiger partial charge in [0.05, 0.1) is 5.69 Å². The average molecular weight is 372 g/mol. The highest BCUT2D eigenvalue weighted by Crippen LogP contribution is 2.33. The van der Waals surface area contributed by atoms with E-state index in [2.05, 4.69) is 5.32 Å². The summed E-state index contributed by atoms with van der Waals surface area (Å²) in [7, 11) is 0. The van der Waals surface area contributed by atoms with Crippen LogP contribution in [-0.4, -0.2) is 23.5 Å². The van der Waals surface area contributed by atoms with Crippen LogP contribution in [0.4, 0.5) is 5.69 Å². The highest BCUT2D eigenvalue weighted by molar-refractivity contribution is 6.30. The maximum absolute atomic E-state index is 12.9.